The van der Waals surface area contributed by atoms with E-state index in [1.54, 1.807) is 0 Å². The predicted molar refractivity (Wildman–Crippen MR) is 99.3 cm³/mol. The van der Waals surface area contributed by atoms with Gasteiger partial charge in [0.1, 0.15) is 6.67 Å². The first kappa shape index (κ1) is 22.2. The Kier molecular flexibility index (Phi) is 6.44. The molecule has 3 N–H and O–H groups in total. The maximum Gasteiger partial charge on any atom is 0.429 e. The Morgan fingerprint density at radius 3 is 2.43 bits per heavy atom. The largest absolute Gasteiger partial charge is 0.494 e. The number of benzene rings is 2. The van der Waals surface area contributed by atoms with Crippen molar-refractivity contribution in [2.75, 3.05) is 24.8 Å². The van der Waals surface area contributed by atoms with Gasteiger partial charge in [0.15, 0.2) is 5.75 Å². The Morgan fingerprint density at radius 2 is 1.93 bits per heavy atom. The first-order valence-corrected chi connectivity index (χ1v) is 8.68. The molecule has 11 heteroatoms. The van der Waals surface area contributed by atoms with Crippen LogP contribution in [0.3, 0.4) is 0 Å². The third-order valence-electron chi connectivity index (χ3n) is 3.87. The molecule has 0 spiro atoms. The first-order chi connectivity index (χ1) is 13.0. The molecule has 2 rings (SSSR count). The summed E-state index contributed by atoms with van der Waals surface area (Å²) in [7, 11) is 1.30. The summed E-state index contributed by atoms with van der Waals surface area (Å²) in [5.41, 5.74) is 0.528. The Morgan fingerprint density at radius 1 is 1.29 bits per heavy atom. The van der Waals surface area contributed by atoms with E-state index >= 15 is 0 Å². The second-order valence-corrected chi connectivity index (χ2v) is 6.89. The van der Waals surface area contributed by atoms with Gasteiger partial charge in [0.25, 0.3) is 11.6 Å². The van der Waals surface area contributed by atoms with Crippen LogP contribution in [-0.2, 0) is 5.67 Å². The van der Waals surface area contributed by atoms with Gasteiger partial charge >= 0.3 is 6.18 Å². The van der Waals surface area contributed by atoms with E-state index in [0.717, 1.165) is 0 Å². The summed E-state index contributed by atoms with van der Waals surface area (Å²) in [5.74, 6) is -0.645. The number of anilines is 2. The number of hydrogen-bond acceptors (Lipinski definition) is 3. The van der Waals surface area contributed by atoms with Gasteiger partial charge in [0.2, 0.25) is 0 Å². The number of rotatable bonds is 5. The average Bonchev–Trinajstić information content (AvgIpc) is 2.62. The number of ether oxygens (including phenoxy) is 1. The van der Waals surface area contributed by atoms with Crippen LogP contribution in [0, 0.1) is 0 Å². The van der Waals surface area contributed by atoms with E-state index in [-0.39, 0.29) is 27.2 Å². The molecule has 2 aromatic carbocycles. The second kappa shape index (κ2) is 8.12. The summed E-state index contributed by atoms with van der Waals surface area (Å²) < 4.78 is 70.8. The van der Waals surface area contributed by atoms with Crippen LogP contribution in [0.4, 0.5) is 33.3 Å². The van der Waals surface area contributed by atoms with E-state index in [0.29, 0.717) is 12.1 Å². The van der Waals surface area contributed by atoms with E-state index in [1.165, 1.54) is 25.3 Å². The van der Waals surface area contributed by atoms with E-state index in [1.807, 2.05) is 0 Å². The fourth-order valence-electron chi connectivity index (χ4n) is 2.38. The van der Waals surface area contributed by atoms with Crippen molar-refractivity contribution in [1.29, 1.82) is 0 Å². The minimum Gasteiger partial charge on any atom is -0.494 e. The van der Waals surface area contributed by atoms with Crippen LogP contribution < -0.4 is 15.8 Å². The number of carbonyl (C=O) groups is 1. The third-order valence-corrected chi connectivity index (χ3v) is 4.79. The van der Waals surface area contributed by atoms with Crippen molar-refractivity contribution in [3.8, 4) is 5.75 Å². The molecule has 0 aliphatic carbocycles. The number of alkyl halides is 5. The maximum atomic E-state index is 14.2. The van der Waals surface area contributed by atoms with Gasteiger partial charge < -0.3 is 15.8 Å². The van der Waals surface area contributed by atoms with Gasteiger partial charge in [-0.05, 0) is 40.2 Å². The standard InChI is InChI=1S/C17H13BrClF5N2O2/c1-28-14-9(3-2-4-12(14)25)15(27)26-13-10(18)5-8(6-11(13)19)16(21,7-20)17(22,23)24/h2-6H,7,25H2,1H3,(H,26,27). The lowest BCUT2D eigenvalue weighted by atomic mass is 9.96. The average molecular weight is 488 g/mol. The van der Waals surface area contributed by atoms with Gasteiger partial charge in [-0.1, -0.05) is 17.7 Å². The number of nitrogens with two attached hydrogens (primary N) is 1. The van der Waals surface area contributed by atoms with E-state index < -0.39 is 35.0 Å². The summed E-state index contributed by atoms with van der Waals surface area (Å²) in [6, 6.07) is 5.70. The molecule has 0 saturated carbocycles. The second-order valence-electron chi connectivity index (χ2n) is 5.63. The Labute approximate surface area is 169 Å². The number of amides is 1. The molecule has 0 aliphatic rings. The molecule has 0 heterocycles. The normalized spacial score (nSPS) is 13.7. The zero-order chi connectivity index (χ0) is 21.3. The zero-order valence-electron chi connectivity index (χ0n) is 14.1. The highest BCUT2D eigenvalue weighted by molar-refractivity contribution is 9.10. The fraction of sp³-hybridized carbons (Fsp3) is 0.235. The number of halogens is 7. The van der Waals surface area contributed by atoms with Crippen molar-refractivity contribution in [1.82, 2.24) is 0 Å². The number of carbonyl (C=O) groups excluding carboxylic acids is 1. The number of para-hydroxylation sites is 1. The summed E-state index contributed by atoms with van der Waals surface area (Å²) in [6.07, 6.45) is -5.50. The smallest absolute Gasteiger partial charge is 0.429 e. The molecule has 1 unspecified atom stereocenters. The van der Waals surface area contributed by atoms with Crippen molar-refractivity contribution in [3.63, 3.8) is 0 Å². The van der Waals surface area contributed by atoms with Crippen molar-refractivity contribution in [3.05, 3.63) is 51.0 Å². The van der Waals surface area contributed by atoms with Crippen LogP contribution >= 0.6 is 27.5 Å². The van der Waals surface area contributed by atoms with E-state index in [9.17, 15) is 26.7 Å². The number of nitrogen functional groups attached to an aromatic ring is 1. The molecule has 1 atom stereocenters. The molecule has 2 aromatic rings. The molecule has 0 aliphatic heterocycles. The Balaban J connectivity index is 2.45. The van der Waals surface area contributed by atoms with Gasteiger partial charge in [0.05, 0.1) is 29.1 Å². The predicted octanol–water partition coefficient (Wildman–Crippen LogP) is 5.64. The van der Waals surface area contributed by atoms with Crippen molar-refractivity contribution >= 4 is 44.8 Å². The van der Waals surface area contributed by atoms with Gasteiger partial charge in [-0.3, -0.25) is 4.79 Å². The van der Waals surface area contributed by atoms with E-state index in [2.05, 4.69) is 21.2 Å². The Hall–Kier alpha value is -2.07. The van der Waals surface area contributed by atoms with Crippen LogP contribution in [-0.4, -0.2) is 25.9 Å². The highest BCUT2D eigenvalue weighted by atomic mass is 79.9. The van der Waals surface area contributed by atoms with E-state index in [4.69, 9.17) is 22.1 Å². The molecule has 0 radical (unpaired) electrons. The van der Waals surface area contributed by atoms with Crippen molar-refractivity contribution in [2.24, 2.45) is 0 Å². The van der Waals surface area contributed by atoms with Crippen LogP contribution in [0.15, 0.2) is 34.8 Å². The van der Waals surface area contributed by atoms with Crippen LogP contribution in [0.5, 0.6) is 5.75 Å². The molecule has 0 saturated heterocycles. The van der Waals surface area contributed by atoms with Gasteiger partial charge in [-0.15, -0.1) is 0 Å². The van der Waals surface area contributed by atoms with Crippen molar-refractivity contribution in [2.45, 2.75) is 11.8 Å². The monoisotopic (exact) mass is 486 g/mol. The summed E-state index contributed by atoms with van der Waals surface area (Å²) in [4.78, 5) is 12.5. The minimum atomic E-state index is -5.50. The van der Waals surface area contributed by atoms with Crippen molar-refractivity contribution < 1.29 is 31.5 Å². The highest BCUT2D eigenvalue weighted by Crippen LogP contribution is 2.46. The molecule has 0 bridgehead atoms. The summed E-state index contributed by atoms with van der Waals surface area (Å²) in [5, 5.41) is 1.95. The molecule has 152 valence electrons. The quantitative estimate of drug-likeness (QED) is 0.424. The molecular weight excluding hydrogens is 475 g/mol. The SMILES string of the molecule is COc1c(N)cccc1C(=O)Nc1c(Cl)cc(C(F)(CF)C(F)(F)F)cc1Br. The first-order valence-electron chi connectivity index (χ1n) is 7.51. The zero-order valence-corrected chi connectivity index (χ0v) is 16.5. The topological polar surface area (TPSA) is 64.3 Å². The lowest BCUT2D eigenvalue weighted by Gasteiger charge is -2.26. The summed E-state index contributed by atoms with van der Waals surface area (Å²) >= 11 is 8.85. The molecule has 0 aromatic heterocycles. The van der Waals surface area contributed by atoms with Gasteiger partial charge in [-0.2, -0.15) is 13.2 Å². The Bertz CT molecular complexity index is 887. The molecule has 1 amide bonds. The summed E-state index contributed by atoms with van der Waals surface area (Å²) in [6.45, 7) is -2.33. The van der Waals surface area contributed by atoms with Gasteiger partial charge in [-0.25, -0.2) is 8.78 Å². The van der Waals surface area contributed by atoms with Crippen LogP contribution in [0.2, 0.25) is 5.02 Å². The molecule has 28 heavy (non-hydrogen) atoms. The minimum absolute atomic E-state index is 0.0356. The lowest BCUT2D eigenvalue weighted by molar-refractivity contribution is -0.240. The van der Waals surface area contributed by atoms with Gasteiger partial charge in [0, 0.05) is 10.0 Å². The number of methoxy groups -OCH3 is 1. The fourth-order valence-corrected chi connectivity index (χ4v) is 3.32. The number of nitrogens with one attached hydrogen (secondary N) is 1. The molecule has 4 nitrogen and oxygen atoms in total. The lowest BCUT2D eigenvalue weighted by Crippen LogP contribution is -2.40. The number of hydrogen-bond donors (Lipinski definition) is 2. The highest BCUT2D eigenvalue weighted by Gasteiger charge is 2.58. The molecule has 0 fully saturated rings. The molecular formula is C17H13BrClF5N2O2. The van der Waals surface area contributed by atoms with Crippen LogP contribution in [0.1, 0.15) is 15.9 Å². The maximum absolute atomic E-state index is 14.2. The van der Waals surface area contributed by atoms with Crippen LogP contribution in [0.25, 0.3) is 0 Å². The third kappa shape index (κ3) is 4.02.